The van der Waals surface area contributed by atoms with Gasteiger partial charge in [0.05, 0.1) is 11.7 Å². The molecule has 0 aliphatic heterocycles. The molecule has 1 N–H and O–H groups in total. The van der Waals surface area contributed by atoms with Crippen molar-refractivity contribution in [2.24, 2.45) is 0 Å². The molecule has 0 aliphatic rings. The molecule has 4 heteroatoms. The molecule has 0 saturated carbocycles. The fourth-order valence-corrected chi connectivity index (χ4v) is 3.71. The van der Waals surface area contributed by atoms with Gasteiger partial charge in [-0.25, -0.2) is 0 Å². The zero-order valence-electron chi connectivity index (χ0n) is 20.1. The molecule has 0 aliphatic carbocycles. The van der Waals surface area contributed by atoms with Gasteiger partial charge in [-0.2, -0.15) is 0 Å². The van der Waals surface area contributed by atoms with Crippen molar-refractivity contribution in [1.82, 2.24) is 14.9 Å². The Morgan fingerprint density at radius 3 is 2.47 bits per heavy atom. The highest BCUT2D eigenvalue weighted by atomic mass is 16.1. The maximum atomic E-state index is 12.6. The Morgan fingerprint density at radius 2 is 1.82 bits per heavy atom. The molecule has 0 fully saturated rings. The summed E-state index contributed by atoms with van der Waals surface area (Å²) in [5, 5.41) is 4.22. The Hall–Kier alpha value is -3.92. The predicted octanol–water partition coefficient (Wildman–Crippen LogP) is 6.69. The molecule has 4 nitrogen and oxygen atoms in total. The number of carbonyl (C=O) groups is 1. The molecule has 174 valence electrons. The molecule has 0 bridgehead atoms. The van der Waals surface area contributed by atoms with Crippen molar-refractivity contribution in [1.29, 1.82) is 0 Å². The molecule has 2 aromatic heterocycles. The van der Waals surface area contributed by atoms with E-state index in [2.05, 4.69) is 46.7 Å². The topological polar surface area (TPSA) is 46.9 Å². The second-order valence-electron chi connectivity index (χ2n) is 7.88. The van der Waals surface area contributed by atoms with E-state index in [4.69, 9.17) is 0 Å². The smallest absolute Gasteiger partial charge is 0.251 e. The van der Waals surface area contributed by atoms with Crippen LogP contribution in [0.3, 0.4) is 0 Å². The number of nitrogens with zero attached hydrogens (tertiary/aromatic N) is 2. The van der Waals surface area contributed by atoms with Crippen molar-refractivity contribution >= 4 is 22.4 Å². The average Bonchev–Trinajstić information content (AvgIpc) is 3.23. The maximum Gasteiger partial charge on any atom is 0.251 e. The molecule has 0 atom stereocenters. The monoisotopic (exact) mass is 451 g/mol. The number of amides is 1. The van der Waals surface area contributed by atoms with E-state index in [0.29, 0.717) is 12.1 Å². The van der Waals surface area contributed by atoms with Gasteiger partial charge in [-0.1, -0.05) is 80.3 Å². The highest BCUT2D eigenvalue weighted by Gasteiger charge is 2.12. The molecular formula is C30H33N3O. The van der Waals surface area contributed by atoms with E-state index in [9.17, 15) is 4.79 Å². The third-order valence-electron chi connectivity index (χ3n) is 5.53. The summed E-state index contributed by atoms with van der Waals surface area (Å²) in [6.45, 7) is 9.50. The molecule has 3 rings (SSSR count). The third kappa shape index (κ3) is 6.55. The molecule has 1 aromatic carbocycles. The Morgan fingerprint density at radius 1 is 1.12 bits per heavy atom. The van der Waals surface area contributed by atoms with Crippen LogP contribution in [-0.2, 0) is 13.0 Å². The minimum absolute atomic E-state index is 0.0746. The van der Waals surface area contributed by atoms with Gasteiger partial charge in [0, 0.05) is 41.5 Å². The molecule has 0 saturated heterocycles. The number of carbonyl (C=O) groups excluding carboxylic acids is 1. The number of hydrogen-bond acceptors (Lipinski definition) is 2. The molecule has 34 heavy (non-hydrogen) atoms. The maximum absolute atomic E-state index is 12.6. The van der Waals surface area contributed by atoms with Crippen molar-refractivity contribution in [3.8, 4) is 0 Å². The molecular weight excluding hydrogens is 418 g/mol. The molecule has 3 aromatic rings. The lowest BCUT2D eigenvalue weighted by Gasteiger charge is -2.07. The SMILES string of the molecule is C=C/C(=C\C=C/C)c1cn(CCCNC(=O)c2ccccccccc2)c2cnc(CC)cc12. The number of aryl methyl sites for hydroxylation is 2. The molecule has 0 radical (unpaired) electrons. The summed E-state index contributed by atoms with van der Waals surface area (Å²) < 4.78 is 2.22. The number of pyridine rings is 1. The van der Waals surface area contributed by atoms with E-state index in [1.54, 1.807) is 0 Å². The van der Waals surface area contributed by atoms with Gasteiger partial charge >= 0.3 is 0 Å². The van der Waals surface area contributed by atoms with Crippen LogP contribution < -0.4 is 5.32 Å². The van der Waals surface area contributed by atoms with E-state index in [0.717, 1.165) is 41.7 Å². The molecule has 0 spiro atoms. The van der Waals surface area contributed by atoms with E-state index in [-0.39, 0.29) is 5.91 Å². The van der Waals surface area contributed by atoms with Gasteiger partial charge in [0.2, 0.25) is 0 Å². The standard InChI is InChI=1S/C30H33N3O/c1-4-7-16-24(5-2)28-23-33(29-22-32-26(6-3)21-27(28)29)20-15-19-31-30(34)25-17-13-11-9-8-10-12-14-18-25/h4-5,7-14,16-18,21-23H,2,6,15,19-20H2,1,3H3,(H,31,34)/b7-4-,9-8?,10-8?,11-9?,12-10?,13-11?,14-12?,17-13?,18-14?,24-16+,25-17?,25-18?. The largest absolute Gasteiger partial charge is 0.352 e. The van der Waals surface area contributed by atoms with Gasteiger partial charge in [-0.05, 0) is 43.5 Å². The minimum atomic E-state index is -0.0746. The lowest BCUT2D eigenvalue weighted by atomic mass is 10.0. The van der Waals surface area contributed by atoms with Gasteiger partial charge in [-0.15, -0.1) is 0 Å². The number of allylic oxidation sites excluding steroid dienone is 5. The summed E-state index contributed by atoms with van der Waals surface area (Å²) in [5.74, 6) is -0.0746. The summed E-state index contributed by atoms with van der Waals surface area (Å²) in [6, 6.07) is 19.2. The van der Waals surface area contributed by atoms with Crippen LogP contribution in [0.2, 0.25) is 0 Å². The van der Waals surface area contributed by atoms with Crippen LogP contribution in [0, 0.1) is 0 Å². The first kappa shape index (κ1) is 24.7. The van der Waals surface area contributed by atoms with Crippen molar-refractivity contribution in [3.63, 3.8) is 0 Å². The van der Waals surface area contributed by atoms with E-state index in [1.807, 2.05) is 85.9 Å². The summed E-state index contributed by atoms with van der Waals surface area (Å²) >= 11 is 0. The molecule has 0 unspecified atom stereocenters. The van der Waals surface area contributed by atoms with Crippen LogP contribution in [0.5, 0.6) is 0 Å². The Bertz CT molecular complexity index is 1220. The third-order valence-corrected chi connectivity index (χ3v) is 5.53. The summed E-state index contributed by atoms with van der Waals surface area (Å²) in [4.78, 5) is 17.3. The van der Waals surface area contributed by atoms with Crippen molar-refractivity contribution in [3.05, 3.63) is 121 Å². The van der Waals surface area contributed by atoms with Gasteiger partial charge < -0.3 is 9.88 Å². The summed E-state index contributed by atoms with van der Waals surface area (Å²) in [6.07, 6.45) is 13.8. The Balaban J connectivity index is 1.76. The lowest BCUT2D eigenvalue weighted by molar-refractivity contribution is 0.0953. The first-order chi connectivity index (χ1) is 16.7. The van der Waals surface area contributed by atoms with Crippen LogP contribution in [0.1, 0.15) is 41.9 Å². The number of aromatic nitrogens is 2. The average molecular weight is 452 g/mol. The highest BCUT2D eigenvalue weighted by Crippen LogP contribution is 2.29. The summed E-state index contributed by atoms with van der Waals surface area (Å²) in [5.41, 5.74) is 5.02. The van der Waals surface area contributed by atoms with Crippen LogP contribution in [0.25, 0.3) is 16.5 Å². The van der Waals surface area contributed by atoms with Crippen LogP contribution in [-0.4, -0.2) is 22.0 Å². The first-order valence-corrected chi connectivity index (χ1v) is 11.8. The normalized spacial score (nSPS) is 11.4. The summed E-state index contributed by atoms with van der Waals surface area (Å²) in [7, 11) is 0. The lowest BCUT2D eigenvalue weighted by Crippen LogP contribution is -2.25. The number of rotatable bonds is 9. The zero-order valence-corrected chi connectivity index (χ0v) is 20.1. The fraction of sp³-hybridized carbons (Fsp3) is 0.200. The van der Waals surface area contributed by atoms with Crippen LogP contribution in [0.15, 0.2) is 104 Å². The van der Waals surface area contributed by atoms with Crippen molar-refractivity contribution < 1.29 is 4.79 Å². The first-order valence-electron chi connectivity index (χ1n) is 11.8. The minimum Gasteiger partial charge on any atom is -0.352 e. The second kappa shape index (κ2) is 12.9. The van der Waals surface area contributed by atoms with E-state index >= 15 is 0 Å². The Labute approximate surface area is 202 Å². The van der Waals surface area contributed by atoms with Gasteiger partial charge in [0.1, 0.15) is 0 Å². The Kier molecular flexibility index (Phi) is 9.41. The van der Waals surface area contributed by atoms with Gasteiger partial charge in [-0.3, -0.25) is 9.78 Å². The quantitative estimate of drug-likeness (QED) is 0.291. The van der Waals surface area contributed by atoms with Crippen LogP contribution >= 0.6 is 0 Å². The highest BCUT2D eigenvalue weighted by molar-refractivity contribution is 5.96. The van der Waals surface area contributed by atoms with E-state index < -0.39 is 0 Å². The number of hydrogen-bond donors (Lipinski definition) is 1. The molecule has 2 heterocycles. The second-order valence-corrected chi connectivity index (χ2v) is 7.88. The van der Waals surface area contributed by atoms with Crippen molar-refractivity contribution in [2.75, 3.05) is 6.54 Å². The van der Waals surface area contributed by atoms with Crippen molar-refractivity contribution in [2.45, 2.75) is 33.2 Å². The number of fused-ring (bicyclic) bond motifs is 1. The fourth-order valence-electron chi connectivity index (χ4n) is 3.71. The number of nitrogens with one attached hydrogen (secondary N) is 1. The zero-order chi connectivity index (χ0) is 24.2. The van der Waals surface area contributed by atoms with Crippen LogP contribution in [0.4, 0.5) is 0 Å². The predicted molar refractivity (Wildman–Crippen MR) is 143 cm³/mol. The van der Waals surface area contributed by atoms with Gasteiger partial charge in [0.15, 0.2) is 0 Å². The van der Waals surface area contributed by atoms with E-state index in [1.165, 1.54) is 5.39 Å². The van der Waals surface area contributed by atoms with Gasteiger partial charge in [0.25, 0.3) is 5.91 Å². The molecule has 1 amide bonds.